The highest BCUT2D eigenvalue weighted by atomic mass is 16.1. The molecule has 3 heteroatoms. The number of para-hydroxylation sites is 1. The highest BCUT2D eigenvalue weighted by Gasteiger charge is 2.09. The van der Waals surface area contributed by atoms with Crippen LogP contribution in [0.5, 0.6) is 0 Å². The first kappa shape index (κ1) is 13.6. The number of hydrogen-bond acceptors (Lipinski definition) is 1. The second-order valence-corrected chi connectivity index (χ2v) is 5.54. The van der Waals surface area contributed by atoms with E-state index < -0.39 is 0 Å². The van der Waals surface area contributed by atoms with Gasteiger partial charge in [0.2, 0.25) is 0 Å². The predicted octanol–water partition coefficient (Wildman–Crippen LogP) is 3.84. The Labute approximate surface area is 134 Å². The van der Waals surface area contributed by atoms with Crippen molar-refractivity contribution in [3.63, 3.8) is 0 Å². The lowest BCUT2D eigenvalue weighted by Gasteiger charge is -2.09. The van der Waals surface area contributed by atoms with Gasteiger partial charge in [-0.3, -0.25) is 9.36 Å². The van der Waals surface area contributed by atoms with Crippen LogP contribution < -0.4 is 5.56 Å². The molecule has 0 aliphatic rings. The second kappa shape index (κ2) is 5.61. The second-order valence-electron chi connectivity index (χ2n) is 5.54. The maximum atomic E-state index is 12.4. The van der Waals surface area contributed by atoms with Crippen LogP contribution in [-0.4, -0.2) is 9.13 Å². The Kier molecular flexibility index (Phi) is 3.31. The molecule has 2 aromatic carbocycles. The summed E-state index contributed by atoms with van der Waals surface area (Å²) in [6, 6.07) is 25.6. The summed E-state index contributed by atoms with van der Waals surface area (Å²) in [5.74, 6) is 0. The van der Waals surface area contributed by atoms with E-state index in [4.69, 9.17) is 0 Å². The molecular weight excluding hydrogens is 284 g/mol. The molecule has 0 radical (unpaired) electrons. The molecule has 4 rings (SSSR count). The lowest BCUT2D eigenvalue weighted by molar-refractivity contribution is 0.835. The van der Waals surface area contributed by atoms with E-state index in [0.29, 0.717) is 0 Å². The molecule has 2 aromatic heterocycles. The average Bonchev–Trinajstić information content (AvgIpc) is 2.99. The van der Waals surface area contributed by atoms with Gasteiger partial charge >= 0.3 is 0 Å². The molecule has 112 valence electrons. The fourth-order valence-electron chi connectivity index (χ4n) is 2.95. The summed E-state index contributed by atoms with van der Waals surface area (Å²) in [6.45, 7) is 0.789. The Balaban J connectivity index is 1.87. The van der Waals surface area contributed by atoms with Crippen LogP contribution in [0, 0.1) is 0 Å². The standard InChI is InChI=1S/C20H16N2O/c23-20-12-11-18-19(22(20)17-9-5-2-6-10-17)13-14-21(18)15-16-7-3-1-4-8-16/h1-14H,15H2. The number of benzene rings is 2. The van der Waals surface area contributed by atoms with E-state index in [-0.39, 0.29) is 5.56 Å². The highest BCUT2D eigenvalue weighted by Crippen LogP contribution is 2.19. The maximum Gasteiger partial charge on any atom is 0.255 e. The van der Waals surface area contributed by atoms with Crippen molar-refractivity contribution in [3.05, 3.63) is 101 Å². The maximum absolute atomic E-state index is 12.4. The van der Waals surface area contributed by atoms with Crippen molar-refractivity contribution in [2.75, 3.05) is 0 Å². The third-order valence-corrected chi connectivity index (χ3v) is 4.04. The number of pyridine rings is 1. The van der Waals surface area contributed by atoms with Crippen molar-refractivity contribution in [1.82, 2.24) is 9.13 Å². The first-order valence-corrected chi connectivity index (χ1v) is 7.63. The molecule has 0 amide bonds. The quantitative estimate of drug-likeness (QED) is 0.565. The van der Waals surface area contributed by atoms with Crippen LogP contribution in [0.25, 0.3) is 16.7 Å². The van der Waals surface area contributed by atoms with Crippen LogP contribution >= 0.6 is 0 Å². The van der Waals surface area contributed by atoms with E-state index in [1.807, 2.05) is 66.9 Å². The largest absolute Gasteiger partial charge is 0.342 e. The van der Waals surface area contributed by atoms with Crippen molar-refractivity contribution >= 4 is 11.0 Å². The van der Waals surface area contributed by atoms with Crippen LogP contribution in [0.1, 0.15) is 5.56 Å². The zero-order valence-corrected chi connectivity index (χ0v) is 12.6. The Morgan fingerprint density at radius 1 is 0.696 bits per heavy atom. The molecule has 0 unspecified atom stereocenters. The summed E-state index contributed by atoms with van der Waals surface area (Å²) in [5.41, 5.74) is 4.10. The van der Waals surface area contributed by atoms with Crippen LogP contribution in [-0.2, 0) is 6.54 Å². The molecule has 0 saturated heterocycles. The Morgan fingerprint density at radius 2 is 1.39 bits per heavy atom. The molecule has 0 saturated carbocycles. The van der Waals surface area contributed by atoms with Gasteiger partial charge in [-0.1, -0.05) is 48.5 Å². The van der Waals surface area contributed by atoms with Gasteiger partial charge in [0.1, 0.15) is 0 Å². The minimum atomic E-state index is -0.0128. The first-order valence-electron chi connectivity index (χ1n) is 7.63. The third-order valence-electron chi connectivity index (χ3n) is 4.04. The van der Waals surface area contributed by atoms with Crippen LogP contribution in [0.15, 0.2) is 89.9 Å². The molecule has 0 spiro atoms. The predicted molar refractivity (Wildman–Crippen MR) is 93.1 cm³/mol. The van der Waals surface area contributed by atoms with Gasteiger partial charge in [-0.2, -0.15) is 0 Å². The lowest BCUT2D eigenvalue weighted by Crippen LogP contribution is -2.17. The Hall–Kier alpha value is -3.07. The topological polar surface area (TPSA) is 26.9 Å². The van der Waals surface area contributed by atoms with Crippen molar-refractivity contribution in [2.45, 2.75) is 6.54 Å². The molecule has 2 heterocycles. The minimum Gasteiger partial charge on any atom is -0.342 e. The van der Waals surface area contributed by atoms with Gasteiger partial charge in [-0.05, 0) is 29.8 Å². The van der Waals surface area contributed by atoms with E-state index >= 15 is 0 Å². The van der Waals surface area contributed by atoms with E-state index in [2.05, 4.69) is 16.7 Å². The zero-order valence-electron chi connectivity index (χ0n) is 12.6. The molecule has 0 aliphatic heterocycles. The SMILES string of the molecule is O=c1ccc2c(ccn2Cc2ccccc2)n1-c1ccccc1. The fourth-order valence-corrected chi connectivity index (χ4v) is 2.95. The lowest BCUT2D eigenvalue weighted by atomic mass is 10.2. The van der Waals surface area contributed by atoms with Crippen molar-refractivity contribution in [1.29, 1.82) is 0 Å². The molecule has 0 fully saturated rings. The van der Waals surface area contributed by atoms with E-state index in [0.717, 1.165) is 23.3 Å². The fraction of sp³-hybridized carbons (Fsp3) is 0.0500. The van der Waals surface area contributed by atoms with E-state index in [1.165, 1.54) is 5.56 Å². The van der Waals surface area contributed by atoms with E-state index in [1.54, 1.807) is 10.6 Å². The van der Waals surface area contributed by atoms with E-state index in [9.17, 15) is 4.79 Å². The van der Waals surface area contributed by atoms with Crippen molar-refractivity contribution in [2.24, 2.45) is 0 Å². The number of nitrogens with zero attached hydrogens (tertiary/aromatic N) is 2. The third kappa shape index (κ3) is 2.46. The van der Waals surface area contributed by atoms with Gasteiger partial charge < -0.3 is 4.57 Å². The number of hydrogen-bond donors (Lipinski definition) is 0. The average molecular weight is 300 g/mol. The van der Waals surface area contributed by atoms with Gasteiger partial charge in [0, 0.05) is 24.5 Å². The van der Waals surface area contributed by atoms with Gasteiger partial charge in [0.05, 0.1) is 11.0 Å². The summed E-state index contributed by atoms with van der Waals surface area (Å²) in [4.78, 5) is 12.4. The van der Waals surface area contributed by atoms with Crippen LogP contribution in [0.4, 0.5) is 0 Å². The smallest absolute Gasteiger partial charge is 0.255 e. The summed E-state index contributed by atoms with van der Waals surface area (Å²) in [5, 5.41) is 0. The van der Waals surface area contributed by atoms with Crippen LogP contribution in [0.2, 0.25) is 0 Å². The van der Waals surface area contributed by atoms with Gasteiger partial charge in [0.25, 0.3) is 5.56 Å². The Bertz CT molecular complexity index is 998. The van der Waals surface area contributed by atoms with Crippen molar-refractivity contribution in [3.8, 4) is 5.69 Å². The molecule has 0 N–H and O–H groups in total. The van der Waals surface area contributed by atoms with Gasteiger partial charge in [-0.25, -0.2) is 0 Å². The molecular formula is C20H16N2O. The molecule has 0 atom stereocenters. The summed E-state index contributed by atoms with van der Waals surface area (Å²) in [7, 11) is 0. The summed E-state index contributed by atoms with van der Waals surface area (Å²) >= 11 is 0. The minimum absolute atomic E-state index is 0.0128. The number of rotatable bonds is 3. The molecule has 23 heavy (non-hydrogen) atoms. The molecule has 0 aliphatic carbocycles. The summed E-state index contributed by atoms with van der Waals surface area (Å²) < 4.78 is 3.93. The summed E-state index contributed by atoms with van der Waals surface area (Å²) in [6.07, 6.45) is 2.04. The normalized spacial score (nSPS) is 11.0. The zero-order chi connectivity index (χ0) is 15.6. The van der Waals surface area contributed by atoms with Gasteiger partial charge in [0.15, 0.2) is 0 Å². The molecule has 3 nitrogen and oxygen atoms in total. The number of aromatic nitrogens is 2. The van der Waals surface area contributed by atoms with Crippen LogP contribution in [0.3, 0.4) is 0 Å². The molecule has 0 bridgehead atoms. The first-order chi connectivity index (χ1) is 11.3. The van der Waals surface area contributed by atoms with Crippen molar-refractivity contribution < 1.29 is 0 Å². The Morgan fingerprint density at radius 3 is 2.13 bits per heavy atom. The highest BCUT2D eigenvalue weighted by molar-refractivity contribution is 5.78. The van der Waals surface area contributed by atoms with Gasteiger partial charge in [-0.15, -0.1) is 0 Å². The molecule has 4 aromatic rings. The number of fused-ring (bicyclic) bond motifs is 1. The monoisotopic (exact) mass is 300 g/mol.